The van der Waals surface area contributed by atoms with Gasteiger partial charge < -0.3 is 15.2 Å². The topological polar surface area (TPSA) is 70.9 Å². The van der Waals surface area contributed by atoms with Crippen LogP contribution in [0, 0.1) is 0 Å². The highest BCUT2D eigenvalue weighted by atomic mass is 16.5. The minimum Gasteiger partial charge on any atom is -0.457 e. The van der Waals surface area contributed by atoms with Crippen LogP contribution in [0.25, 0.3) is 5.57 Å². The van der Waals surface area contributed by atoms with E-state index >= 15 is 0 Å². The van der Waals surface area contributed by atoms with Gasteiger partial charge in [-0.25, -0.2) is 9.79 Å². The smallest absolute Gasteiger partial charge is 0.337 e. The summed E-state index contributed by atoms with van der Waals surface area (Å²) in [6, 6.07) is 7.91. The molecular weight excluding hydrogens is 268 g/mol. The lowest BCUT2D eigenvalue weighted by Gasteiger charge is -2.13. The van der Waals surface area contributed by atoms with Crippen molar-refractivity contribution in [1.29, 1.82) is 0 Å². The number of carbonyl (C=O) groups excluding carboxylic acids is 1. The minimum atomic E-state index is -0.513. The fourth-order valence-corrected chi connectivity index (χ4v) is 2.61. The monoisotopic (exact) mass is 286 g/mol. The van der Waals surface area contributed by atoms with Gasteiger partial charge in [-0.05, 0) is 31.5 Å². The summed E-state index contributed by atoms with van der Waals surface area (Å²) in [5, 5.41) is 14.3. The van der Waals surface area contributed by atoms with E-state index in [9.17, 15) is 4.79 Å². The summed E-state index contributed by atoms with van der Waals surface area (Å²) < 4.78 is 5.24. The van der Waals surface area contributed by atoms with Gasteiger partial charge in [-0.2, -0.15) is 0 Å². The first kappa shape index (κ1) is 14.0. The van der Waals surface area contributed by atoms with E-state index in [0.717, 1.165) is 34.8 Å². The predicted molar refractivity (Wildman–Crippen MR) is 77.8 cm³/mol. The van der Waals surface area contributed by atoms with Crippen LogP contribution in [0.5, 0.6) is 0 Å². The number of para-hydroxylation sites is 1. The number of ether oxygens (including phenoxy) is 1. The molecule has 0 amide bonds. The lowest BCUT2D eigenvalue weighted by Crippen LogP contribution is -2.26. The second kappa shape index (κ2) is 5.79. The fraction of sp³-hybridized carbons (Fsp3) is 0.375. The molecule has 5 nitrogen and oxygen atoms in total. The predicted octanol–water partition coefficient (Wildman–Crippen LogP) is -0.358. The van der Waals surface area contributed by atoms with Gasteiger partial charge in [0, 0.05) is 11.8 Å². The standard InChI is InChI=1S/C16H18N2O3/c1-10(9-19)21-16(20)13-8-17-7-6-12-11-4-2-3-5-14(11)18-15(12)13/h2-5,10,17,19H,6-9H2,1H3. The Labute approximate surface area is 122 Å². The zero-order chi connectivity index (χ0) is 14.8. The fourth-order valence-electron chi connectivity index (χ4n) is 2.61. The molecule has 21 heavy (non-hydrogen) atoms. The first-order valence-corrected chi connectivity index (χ1v) is 7.13. The Bertz CT molecular complexity index is 721. The molecule has 1 unspecified atom stereocenters. The molecule has 0 aliphatic carbocycles. The molecule has 2 heterocycles. The number of hydrogen-bond acceptors (Lipinski definition) is 5. The molecule has 110 valence electrons. The summed E-state index contributed by atoms with van der Waals surface area (Å²) in [5.74, 6) is -0.407. The van der Waals surface area contributed by atoms with Crippen molar-refractivity contribution in [2.75, 3.05) is 19.7 Å². The van der Waals surface area contributed by atoms with Crippen LogP contribution in [-0.2, 0) is 9.53 Å². The van der Waals surface area contributed by atoms with E-state index in [1.54, 1.807) is 6.92 Å². The van der Waals surface area contributed by atoms with Crippen molar-refractivity contribution in [2.45, 2.75) is 19.4 Å². The Hall–Kier alpha value is -1.98. The van der Waals surface area contributed by atoms with Gasteiger partial charge in [0.2, 0.25) is 0 Å². The number of nitrogens with zero attached hydrogens (tertiary/aromatic N) is 1. The van der Waals surface area contributed by atoms with Gasteiger partial charge in [0.15, 0.2) is 0 Å². The number of aliphatic hydroxyl groups excluding tert-OH is 1. The first-order chi connectivity index (χ1) is 10.2. The van der Waals surface area contributed by atoms with Gasteiger partial charge in [0.25, 0.3) is 0 Å². The van der Waals surface area contributed by atoms with E-state index in [0.29, 0.717) is 12.1 Å². The maximum absolute atomic E-state index is 12.3. The van der Waals surface area contributed by atoms with E-state index in [4.69, 9.17) is 9.84 Å². The first-order valence-electron chi connectivity index (χ1n) is 7.13. The van der Waals surface area contributed by atoms with Crippen molar-refractivity contribution >= 4 is 11.5 Å². The van der Waals surface area contributed by atoms with Gasteiger partial charge in [-0.1, -0.05) is 18.2 Å². The molecule has 1 aromatic rings. The van der Waals surface area contributed by atoms with Crippen LogP contribution >= 0.6 is 0 Å². The number of fused-ring (bicyclic) bond motifs is 2. The highest BCUT2D eigenvalue weighted by Gasteiger charge is 2.25. The molecule has 0 saturated heterocycles. The SMILES string of the molecule is CC(CO)OC(=O)C1=C2N=c3ccccc3=C2CCNC1. The van der Waals surface area contributed by atoms with Gasteiger partial charge in [0.05, 0.1) is 23.2 Å². The van der Waals surface area contributed by atoms with Crippen molar-refractivity contribution in [2.24, 2.45) is 4.99 Å². The van der Waals surface area contributed by atoms with Crippen LogP contribution in [0.15, 0.2) is 40.5 Å². The Morgan fingerprint density at radius 1 is 1.48 bits per heavy atom. The molecule has 0 bridgehead atoms. The molecule has 3 rings (SSSR count). The number of allylic oxidation sites excluding steroid dienone is 1. The van der Waals surface area contributed by atoms with Crippen LogP contribution in [-0.4, -0.2) is 36.9 Å². The van der Waals surface area contributed by atoms with Crippen molar-refractivity contribution in [3.63, 3.8) is 0 Å². The highest BCUT2D eigenvalue weighted by molar-refractivity contribution is 5.94. The van der Waals surface area contributed by atoms with E-state index in [1.807, 2.05) is 24.3 Å². The molecule has 5 heteroatoms. The molecule has 0 fully saturated rings. The molecular formula is C16H18N2O3. The Balaban J connectivity index is 2.07. The third-order valence-corrected chi connectivity index (χ3v) is 3.70. The minimum absolute atomic E-state index is 0.185. The van der Waals surface area contributed by atoms with Crippen molar-refractivity contribution in [3.05, 3.63) is 46.1 Å². The number of hydrogen-bond donors (Lipinski definition) is 2. The van der Waals surface area contributed by atoms with E-state index in [1.165, 1.54) is 0 Å². The molecule has 2 aliphatic rings. The Morgan fingerprint density at radius 3 is 3.10 bits per heavy atom. The quantitative estimate of drug-likeness (QED) is 0.745. The lowest BCUT2D eigenvalue weighted by molar-refractivity contribution is -0.145. The summed E-state index contributed by atoms with van der Waals surface area (Å²) in [6.07, 6.45) is 0.323. The van der Waals surface area contributed by atoms with Crippen LogP contribution in [0.3, 0.4) is 0 Å². The zero-order valence-corrected chi connectivity index (χ0v) is 11.9. The maximum Gasteiger partial charge on any atom is 0.337 e. The zero-order valence-electron chi connectivity index (χ0n) is 11.9. The van der Waals surface area contributed by atoms with Crippen molar-refractivity contribution in [3.8, 4) is 0 Å². The summed E-state index contributed by atoms with van der Waals surface area (Å²) >= 11 is 0. The van der Waals surface area contributed by atoms with Crippen LogP contribution in [0.1, 0.15) is 13.3 Å². The van der Waals surface area contributed by atoms with Gasteiger partial charge in [0.1, 0.15) is 6.10 Å². The molecule has 1 atom stereocenters. The maximum atomic E-state index is 12.3. The molecule has 0 aromatic heterocycles. The van der Waals surface area contributed by atoms with E-state index in [2.05, 4.69) is 10.3 Å². The van der Waals surface area contributed by atoms with Crippen LogP contribution < -0.4 is 15.9 Å². The van der Waals surface area contributed by atoms with Crippen molar-refractivity contribution in [1.82, 2.24) is 5.32 Å². The molecule has 2 aliphatic heterocycles. The second-order valence-electron chi connectivity index (χ2n) is 5.26. The number of carbonyl (C=O) groups is 1. The van der Waals surface area contributed by atoms with E-state index < -0.39 is 12.1 Å². The average molecular weight is 286 g/mol. The second-order valence-corrected chi connectivity index (χ2v) is 5.26. The van der Waals surface area contributed by atoms with Crippen molar-refractivity contribution < 1.29 is 14.6 Å². The largest absolute Gasteiger partial charge is 0.457 e. The van der Waals surface area contributed by atoms with Gasteiger partial charge in [-0.15, -0.1) is 0 Å². The summed E-state index contributed by atoms with van der Waals surface area (Å²) in [5.41, 5.74) is 2.37. The third-order valence-electron chi connectivity index (χ3n) is 3.70. The summed E-state index contributed by atoms with van der Waals surface area (Å²) in [7, 11) is 0. The number of nitrogens with one attached hydrogen (secondary N) is 1. The van der Waals surface area contributed by atoms with Gasteiger partial charge in [-0.3, -0.25) is 0 Å². The average Bonchev–Trinajstić information content (AvgIpc) is 2.72. The molecule has 0 saturated carbocycles. The lowest BCUT2D eigenvalue weighted by atomic mass is 10.0. The molecule has 2 N–H and O–H groups in total. The normalized spacial score (nSPS) is 18.5. The van der Waals surface area contributed by atoms with Crippen LogP contribution in [0.2, 0.25) is 0 Å². The molecule has 1 aromatic carbocycles. The number of aliphatic hydroxyl groups is 1. The van der Waals surface area contributed by atoms with Crippen LogP contribution in [0.4, 0.5) is 0 Å². The number of esters is 1. The number of benzene rings is 1. The Morgan fingerprint density at radius 2 is 2.29 bits per heavy atom. The summed E-state index contributed by atoms with van der Waals surface area (Å²) in [6.45, 7) is 2.72. The third kappa shape index (κ3) is 2.62. The molecule has 0 radical (unpaired) electrons. The Kier molecular flexibility index (Phi) is 3.86. The van der Waals surface area contributed by atoms with Gasteiger partial charge >= 0.3 is 5.97 Å². The molecule has 0 spiro atoms. The highest BCUT2D eigenvalue weighted by Crippen LogP contribution is 2.24. The van der Waals surface area contributed by atoms with E-state index in [-0.39, 0.29) is 6.61 Å². The summed E-state index contributed by atoms with van der Waals surface area (Å²) in [4.78, 5) is 16.9. The number of rotatable bonds is 3.